The third kappa shape index (κ3) is 3.36. The van der Waals surface area contributed by atoms with Gasteiger partial charge in [0.1, 0.15) is 28.8 Å². The van der Waals surface area contributed by atoms with E-state index < -0.39 is 28.9 Å². The Kier molecular flexibility index (Phi) is 4.97. The van der Waals surface area contributed by atoms with Crippen molar-refractivity contribution in [3.8, 4) is 5.75 Å². The number of ether oxygens (including phenoxy) is 1. The molecule has 0 aliphatic carbocycles. The summed E-state index contributed by atoms with van der Waals surface area (Å²) >= 11 is 1.47. The van der Waals surface area contributed by atoms with Gasteiger partial charge in [0.2, 0.25) is 0 Å². The first-order valence-electron chi connectivity index (χ1n) is 6.14. The number of thioether (sulfide) groups is 1. The van der Waals surface area contributed by atoms with Crippen LogP contribution in [0.25, 0.3) is 0 Å². The number of rotatable bonds is 4. The van der Waals surface area contributed by atoms with E-state index in [0.29, 0.717) is 17.9 Å². The lowest BCUT2D eigenvalue weighted by Crippen LogP contribution is -2.16. The van der Waals surface area contributed by atoms with E-state index in [1.54, 1.807) is 18.2 Å². The van der Waals surface area contributed by atoms with Crippen molar-refractivity contribution in [1.29, 1.82) is 0 Å². The monoisotopic (exact) mass is 327 g/mol. The number of halogens is 3. The van der Waals surface area contributed by atoms with Gasteiger partial charge in [0.05, 0.1) is 12.8 Å². The molecule has 0 aliphatic rings. The largest absolute Gasteiger partial charge is 0.495 e. The number of methoxy groups -OCH3 is 1. The molecule has 116 valence electrons. The molecule has 7 heteroatoms. The first-order chi connectivity index (χ1) is 10.5. The van der Waals surface area contributed by atoms with Crippen molar-refractivity contribution in [2.24, 2.45) is 0 Å². The Morgan fingerprint density at radius 1 is 1.14 bits per heavy atom. The van der Waals surface area contributed by atoms with Crippen LogP contribution in [-0.4, -0.2) is 19.3 Å². The summed E-state index contributed by atoms with van der Waals surface area (Å²) in [4.78, 5) is 12.9. The Morgan fingerprint density at radius 3 is 2.32 bits per heavy atom. The highest BCUT2D eigenvalue weighted by molar-refractivity contribution is 7.98. The summed E-state index contributed by atoms with van der Waals surface area (Å²) in [7, 11) is 1.41. The Labute approximate surface area is 129 Å². The second-order valence-electron chi connectivity index (χ2n) is 4.26. The lowest BCUT2D eigenvalue weighted by molar-refractivity contribution is 0.101. The van der Waals surface area contributed by atoms with Gasteiger partial charge >= 0.3 is 0 Å². The van der Waals surface area contributed by atoms with Gasteiger partial charge in [-0.25, -0.2) is 13.2 Å². The van der Waals surface area contributed by atoms with Gasteiger partial charge in [-0.1, -0.05) is 0 Å². The first-order valence-corrected chi connectivity index (χ1v) is 7.36. The van der Waals surface area contributed by atoms with Gasteiger partial charge in [0.25, 0.3) is 5.91 Å². The molecule has 0 spiro atoms. The summed E-state index contributed by atoms with van der Waals surface area (Å²) in [6.07, 6.45) is 1.87. The van der Waals surface area contributed by atoms with Gasteiger partial charge in [-0.3, -0.25) is 4.79 Å². The van der Waals surface area contributed by atoms with E-state index in [1.807, 2.05) is 6.26 Å². The van der Waals surface area contributed by atoms with E-state index in [-0.39, 0.29) is 5.69 Å². The predicted octanol–water partition coefficient (Wildman–Crippen LogP) is 4.09. The summed E-state index contributed by atoms with van der Waals surface area (Å²) < 4.78 is 45.2. The molecule has 2 aromatic rings. The van der Waals surface area contributed by atoms with Crippen LogP contribution < -0.4 is 10.1 Å². The van der Waals surface area contributed by atoms with E-state index in [2.05, 4.69) is 5.32 Å². The summed E-state index contributed by atoms with van der Waals surface area (Å²) in [5.74, 6) is -4.30. The minimum absolute atomic E-state index is 0.258. The fourth-order valence-electron chi connectivity index (χ4n) is 1.85. The number of hydrogen-bond donors (Lipinski definition) is 1. The van der Waals surface area contributed by atoms with Crippen LogP contribution in [-0.2, 0) is 0 Å². The number of carbonyl (C=O) groups excluding carboxylic acids is 1. The minimum atomic E-state index is -1.27. The molecule has 0 aliphatic heterocycles. The molecule has 3 nitrogen and oxygen atoms in total. The van der Waals surface area contributed by atoms with Crippen LogP contribution in [0, 0.1) is 17.5 Å². The van der Waals surface area contributed by atoms with Crippen LogP contribution in [0.2, 0.25) is 0 Å². The van der Waals surface area contributed by atoms with Crippen molar-refractivity contribution in [2.45, 2.75) is 4.90 Å². The highest BCUT2D eigenvalue weighted by Gasteiger charge is 2.20. The number of hydrogen-bond acceptors (Lipinski definition) is 3. The van der Waals surface area contributed by atoms with Crippen molar-refractivity contribution in [3.05, 3.63) is 53.3 Å². The summed E-state index contributed by atoms with van der Waals surface area (Å²) in [5, 5.41) is 2.35. The normalized spacial score (nSPS) is 10.4. The predicted molar refractivity (Wildman–Crippen MR) is 79.0 cm³/mol. The molecule has 1 amide bonds. The molecule has 0 radical (unpaired) electrons. The molecule has 0 bridgehead atoms. The van der Waals surface area contributed by atoms with Gasteiger partial charge in [0, 0.05) is 17.0 Å². The fourth-order valence-corrected chi connectivity index (χ4v) is 2.27. The maximum atomic E-state index is 13.6. The molecule has 0 saturated carbocycles. The van der Waals surface area contributed by atoms with Crippen LogP contribution in [0.5, 0.6) is 5.75 Å². The van der Waals surface area contributed by atoms with Crippen molar-refractivity contribution in [2.75, 3.05) is 18.7 Å². The highest BCUT2D eigenvalue weighted by Crippen LogP contribution is 2.30. The van der Waals surface area contributed by atoms with Crippen LogP contribution in [0.15, 0.2) is 35.2 Å². The number of amides is 1. The topological polar surface area (TPSA) is 38.3 Å². The van der Waals surface area contributed by atoms with Gasteiger partial charge in [-0.2, -0.15) is 0 Å². The molecular formula is C15H12F3NO2S. The maximum absolute atomic E-state index is 13.6. The molecule has 0 unspecified atom stereocenters. The molecule has 0 aromatic heterocycles. The molecule has 2 aromatic carbocycles. The Hall–Kier alpha value is -2.15. The van der Waals surface area contributed by atoms with Gasteiger partial charge in [-0.15, -0.1) is 11.8 Å². The lowest BCUT2D eigenvalue weighted by atomic mass is 10.1. The number of benzene rings is 2. The second kappa shape index (κ2) is 6.74. The zero-order chi connectivity index (χ0) is 16.3. The van der Waals surface area contributed by atoms with E-state index in [0.717, 1.165) is 4.90 Å². The number of nitrogens with one attached hydrogen (secondary N) is 1. The lowest BCUT2D eigenvalue weighted by Gasteiger charge is -2.12. The number of anilines is 1. The summed E-state index contributed by atoms with van der Waals surface area (Å²) in [5.41, 5.74) is -0.592. The third-order valence-electron chi connectivity index (χ3n) is 2.89. The van der Waals surface area contributed by atoms with Crippen molar-refractivity contribution >= 4 is 23.4 Å². The Bertz CT molecular complexity index is 699. The standard InChI is InChI=1S/C15H12F3NO2S/c1-21-13-7-9(22-2)3-4-12(13)19-15(20)14-10(17)5-8(16)6-11(14)18/h3-7H,1-2H3,(H,19,20). The van der Waals surface area contributed by atoms with E-state index >= 15 is 0 Å². The minimum Gasteiger partial charge on any atom is -0.495 e. The van der Waals surface area contributed by atoms with Crippen molar-refractivity contribution in [3.63, 3.8) is 0 Å². The molecule has 0 fully saturated rings. The van der Waals surface area contributed by atoms with Crippen molar-refractivity contribution < 1.29 is 22.7 Å². The van der Waals surface area contributed by atoms with Crippen LogP contribution in [0.3, 0.4) is 0 Å². The van der Waals surface area contributed by atoms with Gasteiger partial charge < -0.3 is 10.1 Å². The zero-order valence-electron chi connectivity index (χ0n) is 11.7. The first kappa shape index (κ1) is 16.2. The van der Waals surface area contributed by atoms with Crippen LogP contribution >= 0.6 is 11.8 Å². The molecular weight excluding hydrogens is 315 g/mol. The van der Waals surface area contributed by atoms with E-state index in [4.69, 9.17) is 4.74 Å². The Morgan fingerprint density at radius 2 is 1.77 bits per heavy atom. The molecule has 0 saturated heterocycles. The van der Waals surface area contributed by atoms with Gasteiger partial charge in [-0.05, 0) is 24.5 Å². The van der Waals surface area contributed by atoms with Crippen LogP contribution in [0.4, 0.5) is 18.9 Å². The maximum Gasteiger partial charge on any atom is 0.261 e. The third-order valence-corrected chi connectivity index (χ3v) is 3.62. The Balaban J connectivity index is 2.34. The van der Waals surface area contributed by atoms with E-state index in [9.17, 15) is 18.0 Å². The molecule has 0 heterocycles. The highest BCUT2D eigenvalue weighted by atomic mass is 32.2. The van der Waals surface area contributed by atoms with Gasteiger partial charge in [0.15, 0.2) is 0 Å². The molecule has 22 heavy (non-hydrogen) atoms. The molecule has 0 atom stereocenters. The average molecular weight is 327 g/mol. The fraction of sp³-hybridized carbons (Fsp3) is 0.133. The summed E-state index contributed by atoms with van der Waals surface area (Å²) in [6.45, 7) is 0. The SMILES string of the molecule is COc1cc(SC)ccc1NC(=O)c1c(F)cc(F)cc1F. The van der Waals surface area contributed by atoms with Crippen LogP contribution in [0.1, 0.15) is 10.4 Å². The van der Waals surface area contributed by atoms with E-state index in [1.165, 1.54) is 18.9 Å². The van der Waals surface area contributed by atoms with Crippen molar-refractivity contribution in [1.82, 2.24) is 0 Å². The molecule has 2 rings (SSSR count). The zero-order valence-corrected chi connectivity index (χ0v) is 12.6. The average Bonchev–Trinajstić information content (AvgIpc) is 2.46. The quantitative estimate of drug-likeness (QED) is 0.860. The molecule has 1 N–H and O–H groups in total. The number of carbonyl (C=O) groups is 1. The second-order valence-corrected chi connectivity index (χ2v) is 5.14. The summed E-state index contributed by atoms with van der Waals surface area (Å²) in [6, 6.07) is 5.86. The smallest absolute Gasteiger partial charge is 0.261 e.